The number of anilines is 2. The van der Waals surface area contributed by atoms with Gasteiger partial charge in [-0.15, -0.1) is 0 Å². The summed E-state index contributed by atoms with van der Waals surface area (Å²) >= 11 is 0. The van der Waals surface area contributed by atoms with Crippen molar-refractivity contribution in [3.05, 3.63) is 59.7 Å². The second-order valence-corrected chi connectivity index (χ2v) is 7.30. The minimum absolute atomic E-state index is 0.254. The summed E-state index contributed by atoms with van der Waals surface area (Å²) in [5.74, 6) is 1.10. The highest BCUT2D eigenvalue weighted by molar-refractivity contribution is 6.03. The molecular weight excluding hydrogens is 336 g/mol. The molecule has 2 aromatic carbocycles. The Morgan fingerprint density at radius 1 is 1.00 bits per heavy atom. The molecule has 142 valence electrons. The fourth-order valence-electron chi connectivity index (χ4n) is 3.34. The fraction of sp³-hybridized carbons (Fsp3) is 0.364. The number of hydrogen-bond acceptors (Lipinski definition) is 2. The molecule has 0 unspecified atom stereocenters. The molecule has 27 heavy (non-hydrogen) atoms. The van der Waals surface area contributed by atoms with Gasteiger partial charge in [0.1, 0.15) is 0 Å². The number of carbonyl (C=O) groups is 1. The van der Waals surface area contributed by atoms with Crippen LogP contribution in [-0.2, 0) is 11.2 Å². The molecule has 0 atom stereocenters. The van der Waals surface area contributed by atoms with E-state index >= 15 is 0 Å². The van der Waals surface area contributed by atoms with Gasteiger partial charge in [-0.1, -0.05) is 42.7 Å². The van der Waals surface area contributed by atoms with E-state index in [1.54, 1.807) is 0 Å². The van der Waals surface area contributed by atoms with Crippen LogP contribution in [0, 0.1) is 12.8 Å². The lowest BCUT2D eigenvalue weighted by Gasteiger charge is -2.14. The summed E-state index contributed by atoms with van der Waals surface area (Å²) in [6.45, 7) is 2.91. The predicted octanol–water partition coefficient (Wildman–Crippen LogP) is 4.09. The standard InChI is InChI=1S/C22H28N4O/c1-16-6-10-19(11-7-16)25-22(24-15-18-4-2-3-5-18)26-20-12-8-17(9-13-20)14-21(23)27/h6-13,18H,2-5,14-15H2,1H3,(H2,23,27)(H2,24,25,26). The SMILES string of the molecule is Cc1ccc(NC(=NCC2CCCC2)Nc2ccc(CC(N)=O)cc2)cc1. The smallest absolute Gasteiger partial charge is 0.221 e. The zero-order valence-corrected chi connectivity index (χ0v) is 15.9. The van der Waals surface area contributed by atoms with Crippen LogP contribution in [0.1, 0.15) is 36.8 Å². The molecule has 0 bridgehead atoms. The molecule has 0 aromatic heterocycles. The summed E-state index contributed by atoms with van der Waals surface area (Å²) in [5.41, 5.74) is 9.31. The van der Waals surface area contributed by atoms with Crippen LogP contribution in [0.3, 0.4) is 0 Å². The number of nitrogens with zero attached hydrogens (tertiary/aromatic N) is 1. The zero-order valence-electron chi connectivity index (χ0n) is 15.9. The Morgan fingerprint density at radius 2 is 1.56 bits per heavy atom. The Hall–Kier alpha value is -2.82. The number of guanidine groups is 1. The van der Waals surface area contributed by atoms with Crippen molar-refractivity contribution in [2.45, 2.75) is 39.0 Å². The van der Waals surface area contributed by atoms with Gasteiger partial charge in [-0.2, -0.15) is 0 Å². The third-order valence-corrected chi connectivity index (χ3v) is 4.89. The van der Waals surface area contributed by atoms with Crippen LogP contribution >= 0.6 is 0 Å². The summed E-state index contributed by atoms with van der Waals surface area (Å²) in [6.07, 6.45) is 5.42. The minimum Gasteiger partial charge on any atom is -0.369 e. The number of rotatable bonds is 6. The quantitative estimate of drug-likeness (QED) is 0.533. The third kappa shape index (κ3) is 6.13. The molecule has 1 aliphatic rings. The van der Waals surface area contributed by atoms with Crippen LogP contribution in [-0.4, -0.2) is 18.4 Å². The maximum Gasteiger partial charge on any atom is 0.221 e. The average Bonchev–Trinajstić information content (AvgIpc) is 3.16. The van der Waals surface area contributed by atoms with Gasteiger partial charge < -0.3 is 16.4 Å². The predicted molar refractivity (Wildman–Crippen MR) is 112 cm³/mol. The van der Waals surface area contributed by atoms with E-state index in [4.69, 9.17) is 10.7 Å². The molecule has 1 amide bonds. The Balaban J connectivity index is 1.70. The topological polar surface area (TPSA) is 79.5 Å². The monoisotopic (exact) mass is 364 g/mol. The maximum atomic E-state index is 11.0. The molecule has 1 aliphatic carbocycles. The molecule has 2 aromatic rings. The molecule has 5 nitrogen and oxygen atoms in total. The largest absolute Gasteiger partial charge is 0.369 e. The zero-order chi connectivity index (χ0) is 19.1. The number of nitrogens with one attached hydrogen (secondary N) is 2. The van der Waals surface area contributed by atoms with Crippen LogP contribution in [0.2, 0.25) is 0 Å². The number of hydrogen-bond donors (Lipinski definition) is 3. The van der Waals surface area contributed by atoms with Crippen LogP contribution < -0.4 is 16.4 Å². The number of primary amides is 1. The summed E-state index contributed by atoms with van der Waals surface area (Å²) < 4.78 is 0. The molecule has 0 spiro atoms. The summed E-state index contributed by atoms with van der Waals surface area (Å²) in [5, 5.41) is 6.76. The Labute approximate surface area is 161 Å². The van der Waals surface area contributed by atoms with Gasteiger partial charge >= 0.3 is 0 Å². The number of benzene rings is 2. The fourth-order valence-corrected chi connectivity index (χ4v) is 3.34. The van der Waals surface area contributed by atoms with Gasteiger partial charge in [-0.25, -0.2) is 0 Å². The van der Waals surface area contributed by atoms with Crippen molar-refractivity contribution in [3.8, 4) is 0 Å². The van der Waals surface area contributed by atoms with Crippen LogP contribution in [0.4, 0.5) is 11.4 Å². The minimum atomic E-state index is -0.324. The average molecular weight is 364 g/mol. The molecule has 3 rings (SSSR count). The first-order valence-corrected chi connectivity index (χ1v) is 9.61. The lowest BCUT2D eigenvalue weighted by molar-refractivity contribution is -0.117. The first-order chi connectivity index (χ1) is 13.1. The molecule has 0 heterocycles. The number of nitrogens with two attached hydrogens (primary N) is 1. The van der Waals surface area contributed by atoms with Crippen molar-refractivity contribution in [2.24, 2.45) is 16.6 Å². The van der Waals surface area contributed by atoms with Gasteiger partial charge in [0.2, 0.25) is 5.91 Å². The van der Waals surface area contributed by atoms with Crippen molar-refractivity contribution in [2.75, 3.05) is 17.2 Å². The highest BCUT2D eigenvalue weighted by atomic mass is 16.1. The second-order valence-electron chi connectivity index (χ2n) is 7.30. The van der Waals surface area contributed by atoms with Crippen LogP contribution in [0.15, 0.2) is 53.5 Å². The Bertz CT molecular complexity index is 775. The third-order valence-electron chi connectivity index (χ3n) is 4.89. The second kappa shape index (κ2) is 9.21. The molecule has 4 N–H and O–H groups in total. The molecule has 1 saturated carbocycles. The summed E-state index contributed by atoms with van der Waals surface area (Å²) in [7, 11) is 0. The molecule has 0 radical (unpaired) electrons. The summed E-state index contributed by atoms with van der Waals surface area (Å²) in [4.78, 5) is 15.9. The van der Waals surface area contributed by atoms with E-state index in [0.717, 1.165) is 29.4 Å². The lowest BCUT2D eigenvalue weighted by atomic mass is 10.1. The Kier molecular flexibility index (Phi) is 6.47. The van der Waals surface area contributed by atoms with Crippen molar-refractivity contribution in [1.82, 2.24) is 0 Å². The van der Waals surface area contributed by atoms with E-state index in [9.17, 15) is 4.79 Å². The molecular formula is C22H28N4O. The highest BCUT2D eigenvalue weighted by Crippen LogP contribution is 2.25. The van der Waals surface area contributed by atoms with Crippen LogP contribution in [0.25, 0.3) is 0 Å². The lowest BCUT2D eigenvalue weighted by Crippen LogP contribution is -2.23. The van der Waals surface area contributed by atoms with Crippen LogP contribution in [0.5, 0.6) is 0 Å². The van der Waals surface area contributed by atoms with Gasteiger partial charge in [-0.05, 0) is 55.5 Å². The van der Waals surface area contributed by atoms with E-state index in [1.165, 1.54) is 31.2 Å². The highest BCUT2D eigenvalue weighted by Gasteiger charge is 2.14. The van der Waals surface area contributed by atoms with E-state index in [0.29, 0.717) is 5.92 Å². The van der Waals surface area contributed by atoms with Gasteiger partial charge in [-0.3, -0.25) is 9.79 Å². The number of aryl methyl sites for hydroxylation is 1. The summed E-state index contributed by atoms with van der Waals surface area (Å²) in [6, 6.07) is 16.0. The number of amides is 1. The van der Waals surface area contributed by atoms with Gasteiger partial charge in [0, 0.05) is 17.9 Å². The molecule has 5 heteroatoms. The molecule has 1 fully saturated rings. The van der Waals surface area contributed by atoms with Crippen molar-refractivity contribution in [3.63, 3.8) is 0 Å². The number of aliphatic imine (C=N–C) groups is 1. The van der Waals surface area contributed by atoms with Crippen molar-refractivity contribution < 1.29 is 4.79 Å². The first kappa shape index (κ1) is 19.0. The Morgan fingerprint density at radius 3 is 2.11 bits per heavy atom. The van der Waals surface area contributed by atoms with E-state index < -0.39 is 0 Å². The normalized spacial score (nSPS) is 14.9. The number of carbonyl (C=O) groups excluding carboxylic acids is 1. The van der Waals surface area contributed by atoms with Crippen molar-refractivity contribution in [1.29, 1.82) is 0 Å². The van der Waals surface area contributed by atoms with Gasteiger partial charge in [0.25, 0.3) is 0 Å². The van der Waals surface area contributed by atoms with E-state index in [2.05, 4.69) is 41.8 Å². The van der Waals surface area contributed by atoms with Crippen molar-refractivity contribution >= 4 is 23.2 Å². The van der Waals surface area contributed by atoms with E-state index in [-0.39, 0.29) is 12.3 Å². The first-order valence-electron chi connectivity index (χ1n) is 9.61. The molecule has 0 aliphatic heterocycles. The van der Waals surface area contributed by atoms with Gasteiger partial charge in [0.15, 0.2) is 5.96 Å². The maximum absolute atomic E-state index is 11.0. The molecule has 0 saturated heterocycles. The van der Waals surface area contributed by atoms with Gasteiger partial charge in [0.05, 0.1) is 6.42 Å². The van der Waals surface area contributed by atoms with E-state index in [1.807, 2.05) is 24.3 Å².